The molecule has 29 heavy (non-hydrogen) atoms. The standard InChI is InChI=1S/C23H25N3O3/c1-16-10-12-18(13-11-16)23-24-21(29-25-23)14-26(2)22(27)15-28-20-9-5-7-17-6-3-4-8-19(17)20/h5,7,9-13H,3-4,6,8,14-15H2,1-2H3. The average molecular weight is 391 g/mol. The molecule has 0 radical (unpaired) electrons. The lowest BCUT2D eigenvalue weighted by atomic mass is 9.91. The number of aryl methyl sites for hydroxylation is 2. The zero-order valence-electron chi connectivity index (χ0n) is 16.9. The highest BCUT2D eigenvalue weighted by Crippen LogP contribution is 2.29. The van der Waals surface area contributed by atoms with Gasteiger partial charge < -0.3 is 14.2 Å². The maximum absolute atomic E-state index is 12.5. The fourth-order valence-electron chi connectivity index (χ4n) is 3.56. The summed E-state index contributed by atoms with van der Waals surface area (Å²) in [5.74, 6) is 1.61. The van der Waals surface area contributed by atoms with Gasteiger partial charge in [-0.05, 0) is 49.8 Å². The van der Waals surface area contributed by atoms with Crippen LogP contribution in [-0.2, 0) is 24.2 Å². The zero-order chi connectivity index (χ0) is 20.2. The maximum Gasteiger partial charge on any atom is 0.260 e. The number of rotatable bonds is 6. The van der Waals surface area contributed by atoms with Crippen LogP contribution >= 0.6 is 0 Å². The minimum atomic E-state index is -0.131. The molecular weight excluding hydrogens is 366 g/mol. The van der Waals surface area contributed by atoms with Gasteiger partial charge in [0, 0.05) is 12.6 Å². The van der Waals surface area contributed by atoms with Crippen molar-refractivity contribution in [3.8, 4) is 17.1 Å². The van der Waals surface area contributed by atoms with Crippen LogP contribution in [0.1, 0.15) is 35.4 Å². The van der Waals surface area contributed by atoms with E-state index >= 15 is 0 Å². The first-order chi connectivity index (χ1) is 14.1. The summed E-state index contributed by atoms with van der Waals surface area (Å²) >= 11 is 0. The topological polar surface area (TPSA) is 68.5 Å². The van der Waals surface area contributed by atoms with Crippen LogP contribution in [-0.4, -0.2) is 34.6 Å². The first-order valence-electron chi connectivity index (χ1n) is 9.97. The Morgan fingerprint density at radius 2 is 1.93 bits per heavy atom. The number of ether oxygens (including phenoxy) is 1. The second kappa shape index (κ2) is 8.47. The summed E-state index contributed by atoms with van der Waals surface area (Å²) in [5.41, 5.74) is 4.64. The number of benzene rings is 2. The van der Waals surface area contributed by atoms with Crippen LogP contribution in [0, 0.1) is 6.92 Å². The highest BCUT2D eigenvalue weighted by molar-refractivity contribution is 5.77. The highest BCUT2D eigenvalue weighted by atomic mass is 16.5. The van der Waals surface area contributed by atoms with Crippen molar-refractivity contribution in [1.29, 1.82) is 0 Å². The lowest BCUT2D eigenvalue weighted by Gasteiger charge is -2.20. The summed E-state index contributed by atoms with van der Waals surface area (Å²) in [7, 11) is 1.71. The predicted octanol–water partition coefficient (Wildman–Crippen LogP) is 3.96. The average Bonchev–Trinajstić information content (AvgIpc) is 3.20. The third-order valence-electron chi connectivity index (χ3n) is 5.28. The van der Waals surface area contributed by atoms with Gasteiger partial charge in [-0.1, -0.05) is 47.1 Å². The Hall–Kier alpha value is -3.15. The predicted molar refractivity (Wildman–Crippen MR) is 110 cm³/mol. The Morgan fingerprint density at radius 1 is 1.14 bits per heavy atom. The molecule has 0 fully saturated rings. The van der Waals surface area contributed by atoms with Crippen molar-refractivity contribution in [2.45, 2.75) is 39.2 Å². The molecule has 0 aliphatic heterocycles. The van der Waals surface area contributed by atoms with E-state index in [1.54, 1.807) is 11.9 Å². The van der Waals surface area contributed by atoms with Gasteiger partial charge in [-0.3, -0.25) is 4.79 Å². The number of amides is 1. The molecule has 4 rings (SSSR count). The van der Waals surface area contributed by atoms with E-state index in [1.807, 2.05) is 43.3 Å². The number of nitrogens with zero attached hydrogens (tertiary/aromatic N) is 3. The number of hydrogen-bond acceptors (Lipinski definition) is 5. The van der Waals surface area contributed by atoms with Crippen LogP contribution in [0.2, 0.25) is 0 Å². The minimum Gasteiger partial charge on any atom is -0.483 e. The molecule has 0 spiro atoms. The molecule has 0 saturated carbocycles. The number of carbonyl (C=O) groups is 1. The van der Waals surface area contributed by atoms with E-state index in [0.29, 0.717) is 11.7 Å². The largest absolute Gasteiger partial charge is 0.483 e. The van der Waals surface area contributed by atoms with E-state index in [-0.39, 0.29) is 19.1 Å². The van der Waals surface area contributed by atoms with Crippen molar-refractivity contribution >= 4 is 5.91 Å². The van der Waals surface area contributed by atoms with Gasteiger partial charge in [-0.25, -0.2) is 0 Å². The summed E-state index contributed by atoms with van der Waals surface area (Å²) in [4.78, 5) is 18.5. The van der Waals surface area contributed by atoms with Gasteiger partial charge in [0.25, 0.3) is 5.91 Å². The van der Waals surface area contributed by atoms with Gasteiger partial charge in [-0.2, -0.15) is 4.98 Å². The lowest BCUT2D eigenvalue weighted by Crippen LogP contribution is -2.31. The molecular formula is C23H25N3O3. The molecule has 0 unspecified atom stereocenters. The molecule has 0 atom stereocenters. The number of likely N-dealkylation sites (N-methyl/N-ethyl adjacent to an activating group) is 1. The molecule has 3 aromatic rings. The number of aromatic nitrogens is 2. The van der Waals surface area contributed by atoms with Crippen LogP contribution in [0.25, 0.3) is 11.4 Å². The van der Waals surface area contributed by atoms with Crippen molar-refractivity contribution in [2.75, 3.05) is 13.7 Å². The van der Waals surface area contributed by atoms with Gasteiger partial charge >= 0.3 is 0 Å². The van der Waals surface area contributed by atoms with Crippen LogP contribution in [0.15, 0.2) is 47.0 Å². The summed E-state index contributed by atoms with van der Waals surface area (Å²) in [6, 6.07) is 14.0. The first kappa shape index (κ1) is 19.2. The van der Waals surface area contributed by atoms with Crippen LogP contribution in [0.5, 0.6) is 5.75 Å². The molecule has 1 aromatic heterocycles. The number of carbonyl (C=O) groups excluding carboxylic acids is 1. The van der Waals surface area contributed by atoms with E-state index < -0.39 is 0 Å². The quantitative estimate of drug-likeness (QED) is 0.636. The molecule has 1 amide bonds. The van der Waals surface area contributed by atoms with E-state index in [0.717, 1.165) is 24.2 Å². The third kappa shape index (κ3) is 4.47. The van der Waals surface area contributed by atoms with Gasteiger partial charge in [0.2, 0.25) is 11.7 Å². The highest BCUT2D eigenvalue weighted by Gasteiger charge is 2.18. The van der Waals surface area contributed by atoms with E-state index in [2.05, 4.69) is 16.2 Å². The Balaban J connectivity index is 1.35. The lowest BCUT2D eigenvalue weighted by molar-refractivity contribution is -0.132. The van der Waals surface area contributed by atoms with Crippen LogP contribution < -0.4 is 4.74 Å². The molecule has 0 N–H and O–H groups in total. The monoisotopic (exact) mass is 391 g/mol. The smallest absolute Gasteiger partial charge is 0.260 e. The van der Waals surface area contributed by atoms with Gasteiger partial charge in [-0.15, -0.1) is 0 Å². The van der Waals surface area contributed by atoms with Crippen molar-refractivity contribution in [3.05, 3.63) is 65.0 Å². The minimum absolute atomic E-state index is 0.00803. The molecule has 0 saturated heterocycles. The van der Waals surface area contributed by atoms with Crippen molar-refractivity contribution in [2.24, 2.45) is 0 Å². The van der Waals surface area contributed by atoms with E-state index in [9.17, 15) is 4.79 Å². The van der Waals surface area contributed by atoms with Gasteiger partial charge in [0.05, 0.1) is 6.54 Å². The number of hydrogen-bond donors (Lipinski definition) is 0. The summed E-state index contributed by atoms with van der Waals surface area (Å²) in [6.07, 6.45) is 4.48. The molecule has 150 valence electrons. The Bertz CT molecular complexity index is 995. The molecule has 2 aromatic carbocycles. The molecule has 6 nitrogen and oxygen atoms in total. The van der Waals surface area contributed by atoms with Gasteiger partial charge in [0.1, 0.15) is 5.75 Å². The van der Waals surface area contributed by atoms with Crippen molar-refractivity contribution in [1.82, 2.24) is 15.0 Å². The van der Waals surface area contributed by atoms with Crippen LogP contribution in [0.3, 0.4) is 0 Å². The van der Waals surface area contributed by atoms with Crippen LogP contribution in [0.4, 0.5) is 0 Å². The van der Waals surface area contributed by atoms with Gasteiger partial charge in [0.15, 0.2) is 6.61 Å². The number of fused-ring (bicyclic) bond motifs is 1. The van der Waals surface area contributed by atoms with Crippen molar-refractivity contribution in [3.63, 3.8) is 0 Å². The Kier molecular flexibility index (Phi) is 5.60. The fraction of sp³-hybridized carbons (Fsp3) is 0.348. The SMILES string of the molecule is Cc1ccc(-c2noc(CN(C)C(=O)COc3cccc4c3CCCC4)n2)cc1. The summed E-state index contributed by atoms with van der Waals surface area (Å²) in [6.45, 7) is 2.26. The first-order valence-corrected chi connectivity index (χ1v) is 9.97. The second-order valence-corrected chi connectivity index (χ2v) is 7.52. The summed E-state index contributed by atoms with van der Waals surface area (Å²) in [5, 5.41) is 4.01. The molecule has 0 bridgehead atoms. The fourth-order valence-corrected chi connectivity index (χ4v) is 3.56. The molecule has 6 heteroatoms. The van der Waals surface area contributed by atoms with Crippen molar-refractivity contribution < 1.29 is 14.1 Å². The van der Waals surface area contributed by atoms with E-state index in [1.165, 1.54) is 29.5 Å². The Morgan fingerprint density at radius 3 is 2.76 bits per heavy atom. The maximum atomic E-state index is 12.5. The normalized spacial score (nSPS) is 13.0. The second-order valence-electron chi connectivity index (χ2n) is 7.52. The molecule has 1 heterocycles. The van der Waals surface area contributed by atoms with E-state index in [4.69, 9.17) is 9.26 Å². The molecule has 1 aliphatic carbocycles. The zero-order valence-corrected chi connectivity index (χ0v) is 16.9. The molecule has 1 aliphatic rings. The summed E-state index contributed by atoms with van der Waals surface area (Å²) < 4.78 is 11.2. The third-order valence-corrected chi connectivity index (χ3v) is 5.28. The Labute approximate surface area is 170 Å².